The number of methoxy groups -OCH3 is 2. The Morgan fingerprint density at radius 1 is 1.24 bits per heavy atom. The van der Waals surface area contributed by atoms with Crippen LogP contribution in [0.3, 0.4) is 0 Å². The summed E-state index contributed by atoms with van der Waals surface area (Å²) in [5.74, 6) is 0.731. The molecule has 0 aliphatic carbocycles. The number of benzene rings is 1. The molecule has 1 aliphatic heterocycles. The second-order valence-electron chi connectivity index (χ2n) is 5.60. The summed E-state index contributed by atoms with van der Waals surface area (Å²) in [6.07, 6.45) is 0.688. The molecule has 1 fully saturated rings. The lowest BCUT2D eigenvalue weighted by Crippen LogP contribution is -2.46. The topological polar surface area (TPSA) is 94.2 Å². The second-order valence-corrected chi connectivity index (χ2v) is 7.28. The Balaban J connectivity index is 2.04. The van der Waals surface area contributed by atoms with E-state index in [2.05, 4.69) is 4.72 Å². The number of carbonyl (C=O) groups is 1. The normalized spacial score (nSPS) is 15.7. The molecule has 1 aromatic rings. The third kappa shape index (κ3) is 4.76. The smallest absolute Gasteiger partial charge is 0.409 e. The van der Waals surface area contributed by atoms with Gasteiger partial charge in [0.1, 0.15) is 16.4 Å². The number of ether oxygens (including phenoxy) is 3. The second kappa shape index (κ2) is 8.39. The van der Waals surface area contributed by atoms with Crippen LogP contribution in [0.15, 0.2) is 23.1 Å². The minimum Gasteiger partial charge on any atom is -0.497 e. The first-order valence-electron chi connectivity index (χ1n) is 8.07. The zero-order valence-electron chi connectivity index (χ0n) is 14.6. The van der Waals surface area contributed by atoms with Crippen LogP contribution < -0.4 is 14.2 Å². The molecular formula is C16H24N2O6S. The van der Waals surface area contributed by atoms with E-state index < -0.39 is 10.0 Å². The van der Waals surface area contributed by atoms with Gasteiger partial charge in [0, 0.05) is 25.2 Å². The Hall–Kier alpha value is -2.00. The number of hydrogen-bond donors (Lipinski definition) is 1. The highest BCUT2D eigenvalue weighted by atomic mass is 32.2. The predicted molar refractivity (Wildman–Crippen MR) is 91.5 cm³/mol. The average Bonchev–Trinajstić information content (AvgIpc) is 2.61. The molecule has 1 aromatic carbocycles. The van der Waals surface area contributed by atoms with Crippen LogP contribution in [0.25, 0.3) is 0 Å². The van der Waals surface area contributed by atoms with Crippen molar-refractivity contribution in [2.24, 2.45) is 0 Å². The van der Waals surface area contributed by atoms with Crippen LogP contribution in [0, 0.1) is 0 Å². The van der Waals surface area contributed by atoms with E-state index >= 15 is 0 Å². The van der Waals surface area contributed by atoms with Crippen molar-refractivity contribution in [2.75, 3.05) is 33.9 Å². The van der Waals surface area contributed by atoms with Gasteiger partial charge >= 0.3 is 6.09 Å². The van der Waals surface area contributed by atoms with Gasteiger partial charge in [-0.25, -0.2) is 17.9 Å². The molecule has 1 N–H and O–H groups in total. The summed E-state index contributed by atoms with van der Waals surface area (Å²) in [6.45, 7) is 2.97. The number of rotatable bonds is 6. The minimum absolute atomic E-state index is 0.0589. The van der Waals surface area contributed by atoms with E-state index in [1.165, 1.54) is 26.4 Å². The Labute approximate surface area is 148 Å². The summed E-state index contributed by atoms with van der Waals surface area (Å²) in [5.41, 5.74) is 0. The van der Waals surface area contributed by atoms with E-state index in [1.807, 2.05) is 0 Å². The zero-order chi connectivity index (χ0) is 18.4. The van der Waals surface area contributed by atoms with Gasteiger partial charge in [0.2, 0.25) is 10.0 Å². The molecule has 1 aliphatic rings. The fraction of sp³-hybridized carbons (Fsp3) is 0.562. The molecule has 0 radical (unpaired) electrons. The van der Waals surface area contributed by atoms with Crippen LogP contribution in [-0.2, 0) is 14.8 Å². The molecule has 25 heavy (non-hydrogen) atoms. The first kappa shape index (κ1) is 19.3. The molecule has 140 valence electrons. The molecule has 2 rings (SSSR count). The Morgan fingerprint density at radius 2 is 1.92 bits per heavy atom. The van der Waals surface area contributed by atoms with Crippen LogP contribution in [0.1, 0.15) is 19.8 Å². The number of piperidine rings is 1. The fourth-order valence-corrected chi connectivity index (χ4v) is 4.13. The molecule has 1 amide bonds. The molecule has 8 nitrogen and oxygen atoms in total. The lowest BCUT2D eigenvalue weighted by Gasteiger charge is -2.31. The highest BCUT2D eigenvalue weighted by molar-refractivity contribution is 7.89. The molecule has 0 aromatic heterocycles. The summed E-state index contributed by atoms with van der Waals surface area (Å²) in [6, 6.07) is 4.30. The van der Waals surface area contributed by atoms with Gasteiger partial charge in [0.15, 0.2) is 0 Å². The van der Waals surface area contributed by atoms with Gasteiger partial charge in [-0.2, -0.15) is 0 Å². The van der Waals surface area contributed by atoms with Crippen LogP contribution in [0.5, 0.6) is 11.5 Å². The van der Waals surface area contributed by atoms with Gasteiger partial charge < -0.3 is 19.1 Å². The van der Waals surface area contributed by atoms with Crippen molar-refractivity contribution < 1.29 is 27.4 Å². The van der Waals surface area contributed by atoms with Crippen LogP contribution in [0.4, 0.5) is 4.79 Å². The van der Waals surface area contributed by atoms with Crippen LogP contribution in [0.2, 0.25) is 0 Å². The van der Waals surface area contributed by atoms with Gasteiger partial charge in [-0.1, -0.05) is 0 Å². The lowest BCUT2D eigenvalue weighted by atomic mass is 10.1. The van der Waals surface area contributed by atoms with Crippen molar-refractivity contribution >= 4 is 16.1 Å². The molecule has 1 heterocycles. The largest absolute Gasteiger partial charge is 0.497 e. The predicted octanol–water partition coefficient (Wildman–Crippen LogP) is 1.60. The number of sulfonamides is 1. The maximum absolute atomic E-state index is 12.7. The number of carbonyl (C=O) groups excluding carboxylic acids is 1. The van der Waals surface area contributed by atoms with Crippen molar-refractivity contribution in [1.29, 1.82) is 0 Å². The van der Waals surface area contributed by atoms with E-state index in [0.29, 0.717) is 38.3 Å². The lowest BCUT2D eigenvalue weighted by molar-refractivity contribution is 0.0966. The molecule has 0 bridgehead atoms. The first-order chi connectivity index (χ1) is 11.9. The quantitative estimate of drug-likeness (QED) is 0.815. The first-order valence-corrected chi connectivity index (χ1v) is 9.55. The van der Waals surface area contributed by atoms with E-state index in [-0.39, 0.29) is 22.8 Å². The summed E-state index contributed by atoms with van der Waals surface area (Å²) < 4.78 is 43.2. The van der Waals surface area contributed by atoms with Gasteiger partial charge in [0.05, 0.1) is 20.8 Å². The van der Waals surface area contributed by atoms with E-state index in [1.54, 1.807) is 17.9 Å². The van der Waals surface area contributed by atoms with Gasteiger partial charge in [-0.15, -0.1) is 0 Å². The number of hydrogen-bond acceptors (Lipinski definition) is 6. The summed E-state index contributed by atoms with van der Waals surface area (Å²) >= 11 is 0. The van der Waals surface area contributed by atoms with Gasteiger partial charge in [-0.05, 0) is 31.9 Å². The summed E-state index contributed by atoms with van der Waals surface area (Å²) in [7, 11) is -0.834. The molecule has 0 unspecified atom stereocenters. The standard InChI is InChI=1S/C16H24N2O6S/c1-4-24-16(19)18-9-7-12(8-10-18)17-25(20,21)15-6-5-13(22-2)11-14(15)23-3/h5-6,11-12,17H,4,7-10H2,1-3H3. The van der Waals surface area contributed by atoms with Crippen molar-refractivity contribution in [3.8, 4) is 11.5 Å². The zero-order valence-corrected chi connectivity index (χ0v) is 15.5. The van der Waals surface area contributed by atoms with E-state index in [4.69, 9.17) is 14.2 Å². The van der Waals surface area contributed by atoms with Crippen LogP contribution in [-0.4, -0.2) is 59.4 Å². The third-order valence-corrected chi connectivity index (χ3v) is 5.56. The SMILES string of the molecule is CCOC(=O)N1CCC(NS(=O)(=O)c2ccc(OC)cc2OC)CC1. The van der Waals surface area contributed by atoms with Crippen LogP contribution >= 0.6 is 0 Å². The average molecular weight is 372 g/mol. The molecule has 0 atom stereocenters. The molecule has 0 spiro atoms. The van der Waals surface area contributed by atoms with Crippen molar-refractivity contribution in [3.05, 3.63) is 18.2 Å². The number of nitrogens with zero attached hydrogens (tertiary/aromatic N) is 1. The van der Waals surface area contributed by atoms with Gasteiger partial charge in [0.25, 0.3) is 0 Å². The van der Waals surface area contributed by atoms with Crippen molar-refractivity contribution in [1.82, 2.24) is 9.62 Å². The molecule has 9 heteroatoms. The molecule has 0 saturated carbocycles. The molecule has 1 saturated heterocycles. The number of nitrogens with one attached hydrogen (secondary N) is 1. The van der Waals surface area contributed by atoms with Crippen molar-refractivity contribution in [2.45, 2.75) is 30.7 Å². The van der Waals surface area contributed by atoms with Gasteiger partial charge in [-0.3, -0.25) is 0 Å². The number of amides is 1. The van der Waals surface area contributed by atoms with Crippen molar-refractivity contribution in [3.63, 3.8) is 0 Å². The molecular weight excluding hydrogens is 348 g/mol. The minimum atomic E-state index is -3.74. The highest BCUT2D eigenvalue weighted by Gasteiger charge is 2.28. The Kier molecular flexibility index (Phi) is 6.49. The fourth-order valence-electron chi connectivity index (χ4n) is 2.67. The number of likely N-dealkylation sites (tertiary alicyclic amines) is 1. The van der Waals surface area contributed by atoms with E-state index in [0.717, 1.165) is 0 Å². The monoisotopic (exact) mass is 372 g/mol. The summed E-state index contributed by atoms with van der Waals surface area (Å²) in [4.78, 5) is 13.3. The Morgan fingerprint density at radius 3 is 2.48 bits per heavy atom. The highest BCUT2D eigenvalue weighted by Crippen LogP contribution is 2.29. The van der Waals surface area contributed by atoms with E-state index in [9.17, 15) is 13.2 Å². The Bertz CT molecular complexity index is 699. The third-order valence-electron chi connectivity index (χ3n) is 4.00. The summed E-state index contributed by atoms with van der Waals surface area (Å²) in [5, 5.41) is 0. The maximum Gasteiger partial charge on any atom is 0.409 e. The maximum atomic E-state index is 12.7.